The van der Waals surface area contributed by atoms with Crippen molar-refractivity contribution in [2.24, 2.45) is 17.8 Å². The maximum atomic E-state index is 12.8. The minimum atomic E-state index is 0.321. The van der Waals surface area contributed by atoms with Crippen LogP contribution in [0.2, 0.25) is 0 Å². The van der Waals surface area contributed by atoms with E-state index >= 15 is 0 Å². The number of hydrogen-bond donors (Lipinski definition) is 0. The van der Waals surface area contributed by atoms with Crippen LogP contribution in [-0.4, -0.2) is 28.9 Å². The lowest BCUT2D eigenvalue weighted by atomic mass is 9.86. The third-order valence-electron chi connectivity index (χ3n) is 5.78. The molecule has 112 valence electrons. The lowest BCUT2D eigenvalue weighted by Gasteiger charge is -2.36. The van der Waals surface area contributed by atoms with E-state index in [1.807, 2.05) is 18.5 Å². The van der Waals surface area contributed by atoms with E-state index in [-0.39, 0.29) is 0 Å². The number of amides is 1. The predicted molar refractivity (Wildman–Crippen MR) is 81.7 cm³/mol. The van der Waals surface area contributed by atoms with Crippen molar-refractivity contribution in [2.75, 3.05) is 13.1 Å². The van der Waals surface area contributed by atoms with Crippen molar-refractivity contribution in [1.29, 1.82) is 0 Å². The zero-order chi connectivity index (χ0) is 14.2. The van der Waals surface area contributed by atoms with Gasteiger partial charge in [-0.15, -0.1) is 0 Å². The van der Waals surface area contributed by atoms with Gasteiger partial charge in [-0.05, 0) is 62.0 Å². The molecule has 0 radical (unpaired) electrons. The number of hydrogen-bond acceptors (Lipinski definition) is 2. The summed E-state index contributed by atoms with van der Waals surface area (Å²) in [4.78, 5) is 19.2. The molecular weight excluding hydrogens is 260 g/mol. The largest absolute Gasteiger partial charge is 0.342 e. The van der Waals surface area contributed by atoms with Crippen LogP contribution in [0, 0.1) is 17.8 Å². The van der Waals surface area contributed by atoms with Gasteiger partial charge in [0.15, 0.2) is 0 Å². The highest BCUT2D eigenvalue weighted by molar-refractivity contribution is 5.79. The van der Waals surface area contributed by atoms with E-state index in [0.717, 1.165) is 44.2 Å². The quantitative estimate of drug-likeness (QED) is 0.835. The van der Waals surface area contributed by atoms with Gasteiger partial charge in [0.05, 0.1) is 0 Å². The molecule has 1 aromatic heterocycles. The normalized spacial score (nSPS) is 35.1. The first kappa shape index (κ1) is 13.3. The molecule has 1 aliphatic heterocycles. The second-order valence-corrected chi connectivity index (χ2v) is 7.18. The standard InChI is InChI=1S/C18H24N2O/c21-18(14-6-5-13-9-17(13)10-14)20-8-2-4-16(12-20)15-3-1-7-19-11-15/h1,3,7,11,13-14,16-17H,2,4-6,8-10,12H2. The number of carbonyl (C=O) groups excluding carboxylic acids is 1. The Morgan fingerprint density at radius 3 is 2.95 bits per heavy atom. The Balaban J connectivity index is 1.41. The van der Waals surface area contributed by atoms with Gasteiger partial charge in [-0.25, -0.2) is 0 Å². The SMILES string of the molecule is O=C(C1CCC2CC2C1)N1CCCC(c2cccnc2)C1. The molecular formula is C18H24N2O. The third-order valence-corrected chi connectivity index (χ3v) is 5.78. The van der Waals surface area contributed by atoms with Gasteiger partial charge in [0.25, 0.3) is 0 Å². The summed E-state index contributed by atoms with van der Waals surface area (Å²) in [5.41, 5.74) is 1.29. The van der Waals surface area contributed by atoms with Gasteiger partial charge in [0.2, 0.25) is 5.91 Å². The van der Waals surface area contributed by atoms with Gasteiger partial charge >= 0.3 is 0 Å². The number of likely N-dealkylation sites (tertiary alicyclic amines) is 1. The summed E-state index contributed by atoms with van der Waals surface area (Å²) < 4.78 is 0. The number of carbonyl (C=O) groups is 1. The monoisotopic (exact) mass is 284 g/mol. The minimum Gasteiger partial charge on any atom is -0.342 e. The van der Waals surface area contributed by atoms with Crippen LogP contribution in [0.4, 0.5) is 0 Å². The van der Waals surface area contributed by atoms with Gasteiger partial charge in [0.1, 0.15) is 0 Å². The highest BCUT2D eigenvalue weighted by Crippen LogP contribution is 2.51. The Morgan fingerprint density at radius 2 is 2.14 bits per heavy atom. The average Bonchev–Trinajstić information content (AvgIpc) is 3.34. The maximum Gasteiger partial charge on any atom is 0.225 e. The summed E-state index contributed by atoms with van der Waals surface area (Å²) in [5.74, 6) is 3.09. The van der Waals surface area contributed by atoms with Gasteiger partial charge in [-0.3, -0.25) is 9.78 Å². The molecule has 4 atom stereocenters. The van der Waals surface area contributed by atoms with Crippen LogP contribution < -0.4 is 0 Å². The fourth-order valence-corrected chi connectivity index (χ4v) is 4.40. The summed E-state index contributed by atoms with van der Waals surface area (Å²) in [6.45, 7) is 1.86. The van der Waals surface area contributed by atoms with Crippen LogP contribution in [0.25, 0.3) is 0 Å². The highest BCUT2D eigenvalue weighted by atomic mass is 16.2. The molecule has 21 heavy (non-hydrogen) atoms. The van der Waals surface area contributed by atoms with E-state index in [9.17, 15) is 4.79 Å². The molecule has 3 heteroatoms. The van der Waals surface area contributed by atoms with Crippen LogP contribution in [-0.2, 0) is 4.79 Å². The fraction of sp³-hybridized carbons (Fsp3) is 0.667. The molecule has 4 unspecified atom stereocenters. The highest BCUT2D eigenvalue weighted by Gasteiger charge is 2.44. The fourth-order valence-electron chi connectivity index (χ4n) is 4.40. The molecule has 3 nitrogen and oxygen atoms in total. The van der Waals surface area contributed by atoms with E-state index in [2.05, 4.69) is 16.0 Å². The molecule has 1 saturated heterocycles. The maximum absolute atomic E-state index is 12.8. The Kier molecular flexibility index (Phi) is 3.44. The van der Waals surface area contributed by atoms with Crippen LogP contribution in [0.1, 0.15) is 50.0 Å². The van der Waals surface area contributed by atoms with E-state index in [1.54, 1.807) is 0 Å². The van der Waals surface area contributed by atoms with Crippen LogP contribution in [0.15, 0.2) is 24.5 Å². The molecule has 3 aliphatic rings. The lowest BCUT2D eigenvalue weighted by Crippen LogP contribution is -2.43. The smallest absolute Gasteiger partial charge is 0.225 e. The Bertz CT molecular complexity index is 515. The molecule has 3 fully saturated rings. The van der Waals surface area contributed by atoms with Crippen LogP contribution in [0.3, 0.4) is 0 Å². The summed E-state index contributed by atoms with van der Waals surface area (Å²) in [7, 11) is 0. The van der Waals surface area contributed by atoms with Crippen LogP contribution in [0.5, 0.6) is 0 Å². The van der Waals surface area contributed by atoms with Crippen molar-refractivity contribution in [3.05, 3.63) is 30.1 Å². The first-order chi connectivity index (χ1) is 10.3. The molecule has 2 saturated carbocycles. The average molecular weight is 284 g/mol. The molecule has 4 rings (SSSR count). The second kappa shape index (κ2) is 5.43. The third kappa shape index (κ3) is 2.70. The van der Waals surface area contributed by atoms with Crippen molar-refractivity contribution < 1.29 is 4.79 Å². The summed E-state index contributed by atoms with van der Waals surface area (Å²) in [5, 5.41) is 0. The van der Waals surface area contributed by atoms with E-state index in [0.29, 0.717) is 17.7 Å². The molecule has 0 bridgehead atoms. The predicted octanol–water partition coefficient (Wildman–Crippen LogP) is 3.22. The van der Waals surface area contributed by atoms with Crippen molar-refractivity contribution in [3.8, 4) is 0 Å². The van der Waals surface area contributed by atoms with Crippen LogP contribution >= 0.6 is 0 Å². The molecule has 1 aromatic rings. The number of pyridine rings is 1. The number of piperidine rings is 1. The topological polar surface area (TPSA) is 33.2 Å². The van der Waals surface area contributed by atoms with Crippen molar-refractivity contribution in [2.45, 2.75) is 44.4 Å². The molecule has 0 N–H and O–H groups in total. The number of nitrogens with zero attached hydrogens (tertiary/aromatic N) is 2. The molecule has 2 heterocycles. The summed E-state index contributed by atoms with van der Waals surface area (Å²) >= 11 is 0. The van der Waals surface area contributed by atoms with Gasteiger partial charge < -0.3 is 4.90 Å². The Morgan fingerprint density at radius 1 is 1.19 bits per heavy atom. The van der Waals surface area contributed by atoms with E-state index < -0.39 is 0 Å². The van der Waals surface area contributed by atoms with Crippen molar-refractivity contribution >= 4 is 5.91 Å². The summed E-state index contributed by atoms with van der Waals surface area (Å²) in [6.07, 6.45) is 11.1. The zero-order valence-corrected chi connectivity index (χ0v) is 12.6. The molecule has 0 aromatic carbocycles. The Hall–Kier alpha value is -1.38. The number of aromatic nitrogens is 1. The van der Waals surface area contributed by atoms with E-state index in [4.69, 9.17) is 0 Å². The van der Waals surface area contributed by atoms with Gasteiger partial charge in [0, 0.05) is 37.3 Å². The zero-order valence-electron chi connectivity index (χ0n) is 12.6. The molecule has 1 amide bonds. The van der Waals surface area contributed by atoms with E-state index in [1.165, 1.54) is 24.8 Å². The summed E-state index contributed by atoms with van der Waals surface area (Å²) in [6, 6.07) is 4.16. The van der Waals surface area contributed by atoms with Gasteiger partial charge in [-0.2, -0.15) is 0 Å². The first-order valence-corrected chi connectivity index (χ1v) is 8.50. The number of rotatable bonds is 2. The molecule has 0 spiro atoms. The Labute approximate surface area is 126 Å². The lowest BCUT2D eigenvalue weighted by molar-refractivity contribution is -0.137. The second-order valence-electron chi connectivity index (χ2n) is 7.18. The molecule has 2 aliphatic carbocycles. The first-order valence-electron chi connectivity index (χ1n) is 8.50. The number of fused-ring (bicyclic) bond motifs is 1. The van der Waals surface area contributed by atoms with Crippen molar-refractivity contribution in [3.63, 3.8) is 0 Å². The van der Waals surface area contributed by atoms with Crippen molar-refractivity contribution in [1.82, 2.24) is 9.88 Å². The van der Waals surface area contributed by atoms with Gasteiger partial charge in [-0.1, -0.05) is 6.07 Å². The minimum absolute atomic E-state index is 0.321.